The Morgan fingerprint density at radius 2 is 2.13 bits per heavy atom. The maximum Gasteiger partial charge on any atom is 0.160 e. The van der Waals surface area contributed by atoms with Gasteiger partial charge in [0.05, 0.1) is 20.5 Å². The van der Waals surface area contributed by atoms with E-state index in [1.165, 1.54) is 0 Å². The summed E-state index contributed by atoms with van der Waals surface area (Å²) in [6.07, 6.45) is 1.80. The molecule has 0 atom stereocenters. The number of benzene rings is 1. The minimum atomic E-state index is 0.574. The Hall–Kier alpha value is 0.260. The van der Waals surface area contributed by atoms with Crippen LogP contribution in [0.2, 0.25) is 10.0 Å². The van der Waals surface area contributed by atoms with Gasteiger partial charge in [0.2, 0.25) is 0 Å². The van der Waals surface area contributed by atoms with Gasteiger partial charge in [0.25, 0.3) is 0 Å². The summed E-state index contributed by atoms with van der Waals surface area (Å²) in [5, 5.41) is 1.17. The van der Waals surface area contributed by atoms with Crippen LogP contribution in [0.1, 0.15) is 0 Å². The van der Waals surface area contributed by atoms with E-state index >= 15 is 0 Å². The molecule has 78 valence electrons. The first-order valence-electron chi connectivity index (χ1n) is 3.90. The van der Waals surface area contributed by atoms with Crippen molar-refractivity contribution in [3.05, 3.63) is 38.4 Å². The van der Waals surface area contributed by atoms with E-state index in [9.17, 15) is 0 Å². The molecule has 1 aromatic carbocycles. The van der Waals surface area contributed by atoms with Crippen LogP contribution >= 0.6 is 62.2 Å². The normalized spacial score (nSPS) is 10.6. The lowest BCUT2D eigenvalue weighted by molar-refractivity contribution is 1.34. The number of halogens is 3. The SMILES string of the molecule is Clc1cccc(Sc2cnc(Br)s2)c1Cl. The van der Waals surface area contributed by atoms with Crippen LogP contribution in [0.3, 0.4) is 0 Å². The van der Waals surface area contributed by atoms with Crippen LogP contribution in [0.25, 0.3) is 0 Å². The molecule has 6 heteroatoms. The van der Waals surface area contributed by atoms with Gasteiger partial charge in [-0.1, -0.05) is 41.0 Å². The van der Waals surface area contributed by atoms with E-state index in [2.05, 4.69) is 20.9 Å². The number of aromatic nitrogens is 1. The maximum atomic E-state index is 6.07. The number of hydrogen-bond acceptors (Lipinski definition) is 3. The van der Waals surface area contributed by atoms with Gasteiger partial charge in [-0.25, -0.2) is 4.98 Å². The molecule has 0 unspecified atom stereocenters. The van der Waals surface area contributed by atoms with E-state index in [1.54, 1.807) is 35.4 Å². The van der Waals surface area contributed by atoms with E-state index in [0.717, 1.165) is 13.0 Å². The summed E-state index contributed by atoms with van der Waals surface area (Å²) in [7, 11) is 0. The smallest absolute Gasteiger partial charge is 0.160 e. The summed E-state index contributed by atoms with van der Waals surface area (Å²) in [5.74, 6) is 0. The number of hydrogen-bond donors (Lipinski definition) is 0. The second-order valence-electron chi connectivity index (χ2n) is 2.59. The van der Waals surface area contributed by atoms with Gasteiger partial charge in [0, 0.05) is 4.90 Å². The molecule has 0 amide bonds. The molecule has 0 aliphatic rings. The van der Waals surface area contributed by atoms with Gasteiger partial charge in [-0.05, 0) is 28.1 Å². The zero-order valence-electron chi connectivity index (χ0n) is 7.21. The van der Waals surface area contributed by atoms with Crippen molar-refractivity contribution in [3.8, 4) is 0 Å². The van der Waals surface area contributed by atoms with Gasteiger partial charge in [-0.15, -0.1) is 11.3 Å². The van der Waals surface area contributed by atoms with Crippen molar-refractivity contribution < 1.29 is 0 Å². The molecule has 0 spiro atoms. The second kappa shape index (κ2) is 5.06. The van der Waals surface area contributed by atoms with Crippen LogP contribution in [0.4, 0.5) is 0 Å². The number of thiazole rings is 1. The quantitative estimate of drug-likeness (QED) is 0.729. The highest BCUT2D eigenvalue weighted by molar-refractivity contribution is 9.11. The van der Waals surface area contributed by atoms with Crippen molar-refractivity contribution in [2.24, 2.45) is 0 Å². The summed E-state index contributed by atoms with van der Waals surface area (Å²) in [6, 6.07) is 5.59. The first-order chi connectivity index (χ1) is 7.16. The maximum absolute atomic E-state index is 6.07. The first kappa shape index (κ1) is 11.7. The third kappa shape index (κ3) is 2.88. The van der Waals surface area contributed by atoms with Crippen molar-refractivity contribution in [2.45, 2.75) is 9.10 Å². The Bertz CT molecular complexity index is 487. The van der Waals surface area contributed by atoms with Crippen molar-refractivity contribution >= 4 is 62.2 Å². The summed E-state index contributed by atoms with van der Waals surface area (Å²) in [4.78, 5) is 5.05. The topological polar surface area (TPSA) is 12.9 Å². The summed E-state index contributed by atoms with van der Waals surface area (Å²) < 4.78 is 1.94. The highest BCUT2D eigenvalue weighted by Crippen LogP contribution is 2.39. The van der Waals surface area contributed by atoms with Crippen LogP contribution in [-0.2, 0) is 0 Å². The van der Waals surface area contributed by atoms with E-state index in [0.29, 0.717) is 10.0 Å². The third-order valence-electron chi connectivity index (χ3n) is 1.58. The van der Waals surface area contributed by atoms with Gasteiger partial charge in [-0.2, -0.15) is 0 Å². The monoisotopic (exact) mass is 339 g/mol. The molecule has 2 rings (SSSR count). The lowest BCUT2D eigenvalue weighted by Crippen LogP contribution is -1.74. The fourth-order valence-corrected chi connectivity index (χ4v) is 4.09. The van der Waals surface area contributed by atoms with E-state index in [1.807, 2.05) is 12.1 Å². The highest BCUT2D eigenvalue weighted by Gasteiger charge is 2.07. The zero-order valence-corrected chi connectivity index (χ0v) is 11.9. The lowest BCUT2D eigenvalue weighted by atomic mass is 10.4. The van der Waals surface area contributed by atoms with E-state index < -0.39 is 0 Å². The largest absolute Gasteiger partial charge is 0.236 e. The first-order valence-corrected chi connectivity index (χ1v) is 7.08. The molecule has 0 bridgehead atoms. The molecule has 1 aromatic heterocycles. The minimum Gasteiger partial charge on any atom is -0.236 e. The second-order valence-corrected chi connectivity index (χ2v) is 7.02. The van der Waals surface area contributed by atoms with Crippen LogP contribution in [0.5, 0.6) is 0 Å². The van der Waals surface area contributed by atoms with Gasteiger partial charge in [0.15, 0.2) is 3.92 Å². The molecule has 2 aromatic rings. The van der Waals surface area contributed by atoms with Gasteiger partial charge < -0.3 is 0 Å². The predicted molar refractivity (Wildman–Crippen MR) is 70.4 cm³/mol. The molecule has 0 fully saturated rings. The Kier molecular flexibility index (Phi) is 3.96. The molecule has 0 saturated heterocycles. The average molecular weight is 341 g/mol. The highest BCUT2D eigenvalue weighted by atomic mass is 79.9. The predicted octanol–water partition coefficient (Wildman–Crippen LogP) is 5.36. The standard InChI is InChI=1S/C9H4BrCl2NS2/c10-9-13-4-7(15-9)14-6-3-1-2-5(11)8(6)12/h1-4H. The Morgan fingerprint density at radius 1 is 1.33 bits per heavy atom. The van der Waals surface area contributed by atoms with Gasteiger partial charge in [-0.3, -0.25) is 0 Å². The molecule has 15 heavy (non-hydrogen) atoms. The lowest BCUT2D eigenvalue weighted by Gasteiger charge is -2.02. The Balaban J connectivity index is 2.28. The van der Waals surface area contributed by atoms with E-state index in [-0.39, 0.29) is 0 Å². The van der Waals surface area contributed by atoms with Crippen LogP contribution < -0.4 is 0 Å². The average Bonchev–Trinajstić information content (AvgIpc) is 2.59. The number of rotatable bonds is 2. The summed E-state index contributed by atoms with van der Waals surface area (Å²) >= 11 is 18.4. The van der Waals surface area contributed by atoms with Gasteiger partial charge in [0.1, 0.15) is 0 Å². The third-order valence-corrected chi connectivity index (χ3v) is 5.15. The minimum absolute atomic E-state index is 0.574. The van der Waals surface area contributed by atoms with Crippen LogP contribution in [0, 0.1) is 0 Å². The summed E-state index contributed by atoms with van der Waals surface area (Å²) in [6.45, 7) is 0. The van der Waals surface area contributed by atoms with Crippen LogP contribution in [-0.4, -0.2) is 4.98 Å². The van der Waals surface area contributed by atoms with Crippen molar-refractivity contribution in [1.29, 1.82) is 0 Å². The molecule has 0 radical (unpaired) electrons. The fourth-order valence-electron chi connectivity index (χ4n) is 0.958. The van der Waals surface area contributed by atoms with Gasteiger partial charge >= 0.3 is 0 Å². The summed E-state index contributed by atoms with van der Waals surface area (Å²) in [5.41, 5.74) is 0. The molecule has 1 heterocycles. The molecule has 0 N–H and O–H groups in total. The molecular formula is C9H4BrCl2NS2. The molecular weight excluding hydrogens is 337 g/mol. The van der Waals surface area contributed by atoms with Crippen LogP contribution in [0.15, 0.2) is 37.4 Å². The van der Waals surface area contributed by atoms with Crippen molar-refractivity contribution in [1.82, 2.24) is 4.98 Å². The molecule has 0 aliphatic heterocycles. The zero-order chi connectivity index (χ0) is 10.8. The number of nitrogens with zero attached hydrogens (tertiary/aromatic N) is 1. The van der Waals surface area contributed by atoms with Crippen molar-refractivity contribution in [3.63, 3.8) is 0 Å². The Labute approximate surface area is 114 Å². The Morgan fingerprint density at radius 3 is 2.80 bits per heavy atom. The van der Waals surface area contributed by atoms with Crippen molar-refractivity contribution in [2.75, 3.05) is 0 Å². The molecule has 1 nitrogen and oxygen atoms in total. The molecule has 0 aliphatic carbocycles. The fraction of sp³-hybridized carbons (Fsp3) is 0. The molecule has 0 saturated carbocycles. The van der Waals surface area contributed by atoms with E-state index in [4.69, 9.17) is 23.2 Å².